The zero-order valence-electron chi connectivity index (χ0n) is 5.74. The molecular formula is C6H9N3O. The molecule has 0 saturated heterocycles. The minimum Gasteiger partial charge on any atom is -0.396 e. The summed E-state index contributed by atoms with van der Waals surface area (Å²) in [5, 5.41) is 3.61. The summed E-state index contributed by atoms with van der Waals surface area (Å²) in [6, 6.07) is 0. The minimum atomic E-state index is 0.581. The van der Waals surface area contributed by atoms with Crippen LogP contribution in [0.5, 0.6) is 0 Å². The number of aromatic amines is 1. The first-order chi connectivity index (χ1) is 4.93. The molecule has 1 aromatic heterocycles. The van der Waals surface area contributed by atoms with Gasteiger partial charge in [-0.2, -0.15) is 0 Å². The maximum absolute atomic E-state index is 4.72. The fourth-order valence-corrected chi connectivity index (χ4v) is 0.510. The van der Waals surface area contributed by atoms with Crippen molar-refractivity contribution in [2.45, 2.75) is 6.92 Å². The summed E-state index contributed by atoms with van der Waals surface area (Å²) in [7, 11) is 0. The van der Waals surface area contributed by atoms with Crippen LogP contribution in [0.2, 0.25) is 0 Å². The quantitative estimate of drug-likeness (QED) is 0.497. The van der Waals surface area contributed by atoms with Gasteiger partial charge in [-0.1, -0.05) is 5.16 Å². The molecule has 10 heavy (non-hydrogen) atoms. The van der Waals surface area contributed by atoms with Crippen molar-refractivity contribution in [2.75, 3.05) is 6.61 Å². The molecule has 1 aromatic rings. The molecule has 0 radical (unpaired) electrons. The Labute approximate surface area is 58.9 Å². The van der Waals surface area contributed by atoms with Crippen LogP contribution in [0.4, 0.5) is 0 Å². The van der Waals surface area contributed by atoms with Crippen molar-refractivity contribution in [3.63, 3.8) is 0 Å². The number of nitrogens with zero attached hydrogens (tertiary/aromatic N) is 2. The molecule has 0 bridgehead atoms. The lowest BCUT2D eigenvalue weighted by molar-refractivity contribution is 0.160. The summed E-state index contributed by atoms with van der Waals surface area (Å²) in [5.74, 6) is 0.702. The second kappa shape index (κ2) is 3.66. The topological polar surface area (TPSA) is 50.3 Å². The Morgan fingerprint density at radius 3 is 3.40 bits per heavy atom. The van der Waals surface area contributed by atoms with Crippen LogP contribution >= 0.6 is 0 Å². The van der Waals surface area contributed by atoms with Crippen LogP contribution < -0.4 is 0 Å². The number of hydrogen-bond donors (Lipinski definition) is 1. The molecular weight excluding hydrogens is 130 g/mol. The first kappa shape index (κ1) is 6.80. The van der Waals surface area contributed by atoms with Crippen LogP contribution in [0.15, 0.2) is 17.5 Å². The lowest BCUT2D eigenvalue weighted by Crippen LogP contribution is -1.85. The molecule has 1 rings (SSSR count). The van der Waals surface area contributed by atoms with Gasteiger partial charge in [-0.15, -0.1) is 0 Å². The van der Waals surface area contributed by atoms with E-state index < -0.39 is 0 Å². The molecule has 0 fully saturated rings. The summed E-state index contributed by atoms with van der Waals surface area (Å²) in [6.45, 7) is 2.46. The van der Waals surface area contributed by atoms with E-state index in [2.05, 4.69) is 15.1 Å². The van der Waals surface area contributed by atoms with Crippen LogP contribution in [0.25, 0.3) is 0 Å². The van der Waals surface area contributed by atoms with Gasteiger partial charge in [-0.25, -0.2) is 4.98 Å². The van der Waals surface area contributed by atoms with E-state index in [0.717, 1.165) is 0 Å². The number of hydrogen-bond acceptors (Lipinski definition) is 3. The molecule has 0 spiro atoms. The third-order valence-corrected chi connectivity index (χ3v) is 0.898. The second-order valence-corrected chi connectivity index (χ2v) is 1.63. The van der Waals surface area contributed by atoms with Crippen LogP contribution in [0.3, 0.4) is 0 Å². The van der Waals surface area contributed by atoms with Gasteiger partial charge in [0.2, 0.25) is 0 Å². The highest BCUT2D eigenvalue weighted by atomic mass is 16.6. The minimum absolute atomic E-state index is 0.581. The Hall–Kier alpha value is -1.32. The second-order valence-electron chi connectivity index (χ2n) is 1.63. The summed E-state index contributed by atoms with van der Waals surface area (Å²) >= 11 is 0. The van der Waals surface area contributed by atoms with E-state index in [1.165, 1.54) is 6.21 Å². The predicted molar refractivity (Wildman–Crippen MR) is 37.8 cm³/mol. The highest BCUT2D eigenvalue weighted by molar-refractivity contribution is 5.73. The SMILES string of the molecule is CCO/N=C/c1ncc[nH]1. The fraction of sp³-hybridized carbons (Fsp3) is 0.333. The highest BCUT2D eigenvalue weighted by Crippen LogP contribution is 1.82. The smallest absolute Gasteiger partial charge is 0.151 e. The molecule has 0 amide bonds. The van der Waals surface area contributed by atoms with Gasteiger partial charge in [0.15, 0.2) is 5.82 Å². The third kappa shape index (κ3) is 1.89. The van der Waals surface area contributed by atoms with Crippen molar-refractivity contribution in [3.8, 4) is 0 Å². The average molecular weight is 139 g/mol. The molecule has 0 aliphatic rings. The first-order valence-electron chi connectivity index (χ1n) is 3.08. The van der Waals surface area contributed by atoms with Crippen molar-refractivity contribution in [1.82, 2.24) is 9.97 Å². The highest BCUT2D eigenvalue weighted by Gasteiger charge is 1.84. The molecule has 4 heteroatoms. The lowest BCUT2D eigenvalue weighted by atomic mass is 10.7. The zero-order chi connectivity index (χ0) is 7.23. The summed E-state index contributed by atoms with van der Waals surface area (Å²) in [6.07, 6.45) is 4.92. The monoisotopic (exact) mass is 139 g/mol. The van der Waals surface area contributed by atoms with E-state index in [1.54, 1.807) is 12.4 Å². The Bertz CT molecular complexity index is 193. The van der Waals surface area contributed by atoms with Crippen molar-refractivity contribution >= 4 is 6.21 Å². The van der Waals surface area contributed by atoms with Crippen LogP contribution in [0.1, 0.15) is 12.7 Å². The Morgan fingerprint density at radius 2 is 2.80 bits per heavy atom. The average Bonchev–Trinajstić information content (AvgIpc) is 2.41. The molecule has 1 N–H and O–H groups in total. The fourth-order valence-electron chi connectivity index (χ4n) is 0.510. The molecule has 0 aliphatic heterocycles. The number of rotatable bonds is 3. The first-order valence-corrected chi connectivity index (χ1v) is 3.08. The zero-order valence-corrected chi connectivity index (χ0v) is 5.74. The van der Waals surface area contributed by atoms with Crippen LogP contribution in [-0.4, -0.2) is 22.8 Å². The van der Waals surface area contributed by atoms with E-state index in [0.29, 0.717) is 12.4 Å². The van der Waals surface area contributed by atoms with E-state index in [9.17, 15) is 0 Å². The van der Waals surface area contributed by atoms with Gasteiger partial charge in [0.05, 0.1) is 0 Å². The molecule has 1 heterocycles. The third-order valence-electron chi connectivity index (χ3n) is 0.898. The Morgan fingerprint density at radius 1 is 1.90 bits per heavy atom. The molecule has 4 nitrogen and oxygen atoms in total. The maximum atomic E-state index is 4.72. The van der Waals surface area contributed by atoms with Gasteiger partial charge in [-0.3, -0.25) is 0 Å². The van der Waals surface area contributed by atoms with Crippen molar-refractivity contribution in [3.05, 3.63) is 18.2 Å². The van der Waals surface area contributed by atoms with Crippen molar-refractivity contribution in [2.24, 2.45) is 5.16 Å². The number of aromatic nitrogens is 2. The van der Waals surface area contributed by atoms with Crippen LogP contribution in [0, 0.1) is 0 Å². The summed E-state index contributed by atoms with van der Waals surface area (Å²) in [4.78, 5) is 11.5. The maximum Gasteiger partial charge on any atom is 0.151 e. The molecule has 0 atom stereocenters. The summed E-state index contributed by atoms with van der Waals surface area (Å²) in [5.41, 5.74) is 0. The van der Waals surface area contributed by atoms with E-state index in [1.807, 2.05) is 6.92 Å². The van der Waals surface area contributed by atoms with Gasteiger partial charge in [0.1, 0.15) is 12.8 Å². The number of imidazole rings is 1. The number of H-pyrrole nitrogens is 1. The lowest BCUT2D eigenvalue weighted by Gasteiger charge is -1.87. The van der Waals surface area contributed by atoms with Crippen molar-refractivity contribution in [1.29, 1.82) is 0 Å². The molecule has 0 aromatic carbocycles. The summed E-state index contributed by atoms with van der Waals surface area (Å²) < 4.78 is 0. The Balaban J connectivity index is 2.40. The normalized spacial score (nSPS) is 10.5. The Kier molecular flexibility index (Phi) is 2.49. The van der Waals surface area contributed by atoms with Gasteiger partial charge in [0, 0.05) is 12.4 Å². The molecule has 54 valence electrons. The van der Waals surface area contributed by atoms with Gasteiger partial charge in [-0.05, 0) is 6.92 Å². The van der Waals surface area contributed by atoms with Gasteiger partial charge >= 0.3 is 0 Å². The van der Waals surface area contributed by atoms with Crippen molar-refractivity contribution < 1.29 is 4.84 Å². The molecule has 0 unspecified atom stereocenters. The van der Waals surface area contributed by atoms with E-state index >= 15 is 0 Å². The van der Waals surface area contributed by atoms with E-state index in [-0.39, 0.29) is 0 Å². The molecule has 0 aliphatic carbocycles. The number of nitrogens with one attached hydrogen (secondary N) is 1. The number of oxime groups is 1. The standard InChI is InChI=1S/C6H9N3O/c1-2-10-9-5-6-7-3-4-8-6/h3-5H,2H2,1H3,(H,7,8)/b9-5+. The van der Waals surface area contributed by atoms with Gasteiger partial charge in [0.25, 0.3) is 0 Å². The largest absolute Gasteiger partial charge is 0.396 e. The van der Waals surface area contributed by atoms with Gasteiger partial charge < -0.3 is 9.82 Å². The van der Waals surface area contributed by atoms with Crippen LogP contribution in [-0.2, 0) is 4.84 Å². The predicted octanol–water partition coefficient (Wildman–Crippen LogP) is 0.780. The molecule has 0 saturated carbocycles. The van der Waals surface area contributed by atoms with E-state index in [4.69, 9.17) is 4.84 Å².